The highest BCUT2D eigenvalue weighted by molar-refractivity contribution is 5.92. The fraction of sp³-hybridized carbons (Fsp3) is 0.429. The molecule has 1 saturated carbocycles. The lowest BCUT2D eigenvalue weighted by Gasteiger charge is -2.17. The Morgan fingerprint density at radius 2 is 2.10 bits per heavy atom. The minimum atomic E-state index is -0.581. The molecule has 0 radical (unpaired) electrons. The van der Waals surface area contributed by atoms with Gasteiger partial charge in [0.25, 0.3) is 5.91 Å². The van der Waals surface area contributed by atoms with Crippen LogP contribution in [0.1, 0.15) is 55.9 Å². The zero-order valence-electron chi connectivity index (χ0n) is 17.3. The standard InChI is InChI=1S/C21H26N4O5/c1-12(2)19(21-24-20(25-30-21)14-6-7-14)23-18(27)9-5-13-4-8-15(16(10-13)28-3)29-11-17(22)26/h4-5,8-10,12,14,19H,6-7,11H2,1-3H3,(H2,22,26)(H,23,27)/b9-5+. The first-order valence-corrected chi connectivity index (χ1v) is 9.78. The first kappa shape index (κ1) is 21.4. The van der Waals surface area contributed by atoms with Crippen molar-refractivity contribution in [3.05, 3.63) is 41.6 Å². The van der Waals surface area contributed by atoms with Gasteiger partial charge in [0, 0.05) is 12.0 Å². The third-order valence-corrected chi connectivity index (χ3v) is 4.62. The zero-order chi connectivity index (χ0) is 21.7. The van der Waals surface area contributed by atoms with Crippen molar-refractivity contribution in [1.82, 2.24) is 15.5 Å². The second-order valence-corrected chi connectivity index (χ2v) is 7.49. The predicted octanol–water partition coefficient (Wildman–Crippen LogP) is 2.35. The second kappa shape index (κ2) is 9.43. The van der Waals surface area contributed by atoms with E-state index in [4.69, 9.17) is 19.7 Å². The minimum absolute atomic E-state index is 0.0802. The number of aromatic nitrogens is 2. The van der Waals surface area contributed by atoms with E-state index in [9.17, 15) is 9.59 Å². The van der Waals surface area contributed by atoms with Crippen LogP contribution < -0.4 is 20.5 Å². The summed E-state index contributed by atoms with van der Waals surface area (Å²) < 4.78 is 15.9. The van der Waals surface area contributed by atoms with Gasteiger partial charge < -0.3 is 25.0 Å². The molecule has 2 amide bonds. The van der Waals surface area contributed by atoms with Crippen LogP contribution in [0.25, 0.3) is 6.08 Å². The summed E-state index contributed by atoms with van der Waals surface area (Å²) in [4.78, 5) is 27.8. The van der Waals surface area contributed by atoms with Crippen molar-refractivity contribution in [2.75, 3.05) is 13.7 Å². The Labute approximate surface area is 174 Å². The van der Waals surface area contributed by atoms with Crippen LogP contribution in [-0.2, 0) is 9.59 Å². The van der Waals surface area contributed by atoms with Crippen molar-refractivity contribution in [2.45, 2.75) is 38.6 Å². The summed E-state index contributed by atoms with van der Waals surface area (Å²) in [7, 11) is 1.49. The fourth-order valence-corrected chi connectivity index (χ4v) is 2.82. The average Bonchev–Trinajstić information content (AvgIpc) is 3.46. The number of carbonyl (C=O) groups is 2. The molecule has 1 unspecified atom stereocenters. The Morgan fingerprint density at radius 3 is 2.73 bits per heavy atom. The van der Waals surface area contributed by atoms with Crippen LogP contribution in [0.4, 0.5) is 0 Å². The van der Waals surface area contributed by atoms with Crippen molar-refractivity contribution in [2.24, 2.45) is 11.7 Å². The van der Waals surface area contributed by atoms with Gasteiger partial charge in [0.15, 0.2) is 23.9 Å². The number of carbonyl (C=O) groups excluding carboxylic acids is 2. The number of nitrogens with zero attached hydrogens (tertiary/aromatic N) is 2. The number of hydrogen-bond acceptors (Lipinski definition) is 7. The van der Waals surface area contributed by atoms with Gasteiger partial charge in [0.1, 0.15) is 6.04 Å². The molecular formula is C21H26N4O5. The summed E-state index contributed by atoms with van der Waals surface area (Å²) in [6, 6.07) is 4.71. The van der Waals surface area contributed by atoms with Gasteiger partial charge in [-0.15, -0.1) is 0 Å². The maximum atomic E-state index is 12.5. The quantitative estimate of drug-likeness (QED) is 0.571. The molecule has 1 aromatic carbocycles. The van der Waals surface area contributed by atoms with Gasteiger partial charge in [0.05, 0.1) is 7.11 Å². The van der Waals surface area contributed by atoms with Crippen molar-refractivity contribution >= 4 is 17.9 Å². The highest BCUT2D eigenvalue weighted by atomic mass is 16.5. The number of ether oxygens (including phenoxy) is 2. The van der Waals surface area contributed by atoms with Gasteiger partial charge in [-0.25, -0.2) is 0 Å². The number of nitrogens with one attached hydrogen (secondary N) is 1. The number of primary amides is 1. The van der Waals surface area contributed by atoms with Crippen LogP contribution in [0, 0.1) is 5.92 Å². The summed E-state index contributed by atoms with van der Waals surface area (Å²) in [6.07, 6.45) is 5.23. The predicted molar refractivity (Wildman–Crippen MR) is 109 cm³/mol. The van der Waals surface area contributed by atoms with Crippen molar-refractivity contribution in [3.63, 3.8) is 0 Å². The fourth-order valence-electron chi connectivity index (χ4n) is 2.82. The molecule has 9 heteroatoms. The molecule has 0 aliphatic heterocycles. The molecule has 9 nitrogen and oxygen atoms in total. The molecule has 160 valence electrons. The van der Waals surface area contributed by atoms with Crippen LogP contribution in [0.5, 0.6) is 11.5 Å². The van der Waals surface area contributed by atoms with Crippen LogP contribution in [-0.4, -0.2) is 35.7 Å². The Bertz CT molecular complexity index is 933. The minimum Gasteiger partial charge on any atom is -0.493 e. The molecule has 1 aliphatic carbocycles. The van der Waals surface area contributed by atoms with E-state index in [0.29, 0.717) is 29.1 Å². The molecule has 1 aliphatic rings. The Morgan fingerprint density at radius 1 is 1.33 bits per heavy atom. The number of hydrogen-bond donors (Lipinski definition) is 2. The zero-order valence-corrected chi connectivity index (χ0v) is 17.3. The molecule has 3 N–H and O–H groups in total. The van der Waals surface area contributed by atoms with Crippen molar-refractivity contribution in [1.29, 1.82) is 0 Å². The van der Waals surface area contributed by atoms with Crippen LogP contribution in [0.3, 0.4) is 0 Å². The molecule has 1 atom stereocenters. The third kappa shape index (κ3) is 5.59. The first-order valence-electron chi connectivity index (χ1n) is 9.78. The normalized spacial score (nSPS) is 14.7. The van der Waals surface area contributed by atoms with E-state index in [0.717, 1.165) is 18.4 Å². The summed E-state index contributed by atoms with van der Waals surface area (Å²) >= 11 is 0. The Balaban J connectivity index is 1.65. The highest BCUT2D eigenvalue weighted by Gasteiger charge is 2.31. The smallest absolute Gasteiger partial charge is 0.255 e. The summed E-state index contributed by atoms with van der Waals surface area (Å²) in [5.41, 5.74) is 5.81. The highest BCUT2D eigenvalue weighted by Crippen LogP contribution is 2.38. The van der Waals surface area contributed by atoms with E-state index in [1.54, 1.807) is 24.3 Å². The van der Waals surface area contributed by atoms with E-state index in [1.165, 1.54) is 13.2 Å². The molecular weight excluding hydrogens is 388 g/mol. The van der Waals surface area contributed by atoms with Crippen molar-refractivity contribution < 1.29 is 23.6 Å². The lowest BCUT2D eigenvalue weighted by atomic mass is 10.0. The Kier molecular flexibility index (Phi) is 6.71. The van der Waals surface area contributed by atoms with E-state index in [2.05, 4.69) is 15.5 Å². The molecule has 2 aromatic rings. The molecule has 1 heterocycles. The van der Waals surface area contributed by atoms with E-state index < -0.39 is 5.91 Å². The van der Waals surface area contributed by atoms with E-state index >= 15 is 0 Å². The van der Waals surface area contributed by atoms with Gasteiger partial charge in [-0.05, 0) is 42.5 Å². The van der Waals surface area contributed by atoms with Crippen LogP contribution in [0.2, 0.25) is 0 Å². The van der Waals surface area contributed by atoms with Gasteiger partial charge in [-0.1, -0.05) is 25.1 Å². The van der Waals surface area contributed by atoms with Gasteiger partial charge in [-0.2, -0.15) is 4.98 Å². The number of methoxy groups -OCH3 is 1. The summed E-state index contributed by atoms with van der Waals surface area (Å²) in [5.74, 6) is 1.55. The van der Waals surface area contributed by atoms with Gasteiger partial charge in [-0.3, -0.25) is 9.59 Å². The lowest BCUT2D eigenvalue weighted by Crippen LogP contribution is -2.30. The first-order chi connectivity index (χ1) is 14.4. The van der Waals surface area contributed by atoms with Gasteiger partial charge in [0.2, 0.25) is 11.8 Å². The second-order valence-electron chi connectivity index (χ2n) is 7.49. The largest absolute Gasteiger partial charge is 0.493 e. The SMILES string of the molecule is COc1cc(/C=C/C(=O)NC(c2nc(C3CC3)no2)C(C)C)ccc1OCC(N)=O. The maximum Gasteiger partial charge on any atom is 0.255 e. The average molecular weight is 414 g/mol. The molecule has 0 bridgehead atoms. The Hall–Kier alpha value is -3.36. The summed E-state index contributed by atoms with van der Waals surface area (Å²) in [6.45, 7) is 3.71. The van der Waals surface area contributed by atoms with Crippen LogP contribution in [0.15, 0.2) is 28.8 Å². The van der Waals surface area contributed by atoms with E-state index in [-0.39, 0.29) is 24.5 Å². The lowest BCUT2D eigenvalue weighted by molar-refractivity contribution is -0.120. The summed E-state index contributed by atoms with van der Waals surface area (Å²) in [5, 5.41) is 6.94. The van der Waals surface area contributed by atoms with E-state index in [1.807, 2.05) is 13.8 Å². The third-order valence-electron chi connectivity index (χ3n) is 4.62. The monoisotopic (exact) mass is 414 g/mol. The number of nitrogens with two attached hydrogens (primary N) is 1. The van der Waals surface area contributed by atoms with Crippen LogP contribution >= 0.6 is 0 Å². The van der Waals surface area contributed by atoms with Gasteiger partial charge >= 0.3 is 0 Å². The molecule has 0 saturated heterocycles. The number of benzene rings is 1. The molecule has 0 spiro atoms. The molecule has 30 heavy (non-hydrogen) atoms. The number of amides is 2. The maximum absolute atomic E-state index is 12.5. The number of rotatable bonds is 10. The molecule has 1 aromatic heterocycles. The van der Waals surface area contributed by atoms with Crippen molar-refractivity contribution in [3.8, 4) is 11.5 Å². The molecule has 3 rings (SSSR count). The topological polar surface area (TPSA) is 130 Å². The molecule has 1 fully saturated rings.